The highest BCUT2D eigenvalue weighted by atomic mass is 32.2. The lowest BCUT2D eigenvalue weighted by atomic mass is 10.1. The first-order valence-corrected chi connectivity index (χ1v) is 7.06. The molecule has 1 aliphatic rings. The Morgan fingerprint density at radius 3 is 3.11 bits per heavy atom. The molecular weight excluding hydrogens is 260 g/mol. The number of hydrogen-bond acceptors (Lipinski definition) is 4. The van der Waals surface area contributed by atoms with Crippen molar-refractivity contribution in [1.82, 2.24) is 14.8 Å². The maximum Gasteiger partial charge on any atom is 0.235 e. The maximum atomic E-state index is 11.8. The fourth-order valence-corrected chi connectivity index (χ4v) is 3.51. The van der Waals surface area contributed by atoms with Gasteiger partial charge in [0.1, 0.15) is 5.82 Å². The normalized spacial score (nSPS) is 18.6. The molecule has 0 spiro atoms. The molecule has 2 aromatic rings. The number of rotatable bonds is 1. The lowest BCUT2D eigenvalue weighted by Crippen LogP contribution is -2.15. The van der Waals surface area contributed by atoms with E-state index in [4.69, 9.17) is 0 Å². The molecule has 3 rings (SSSR count). The minimum absolute atomic E-state index is 0.0145. The number of aromatic nitrogens is 3. The van der Waals surface area contributed by atoms with Crippen molar-refractivity contribution in [2.75, 3.05) is 11.1 Å². The van der Waals surface area contributed by atoms with Gasteiger partial charge >= 0.3 is 0 Å². The van der Waals surface area contributed by atoms with Gasteiger partial charge in [0.05, 0.1) is 16.7 Å². The van der Waals surface area contributed by atoms with Crippen LogP contribution < -0.4 is 5.32 Å². The van der Waals surface area contributed by atoms with Gasteiger partial charge in [0.25, 0.3) is 0 Å². The highest BCUT2D eigenvalue weighted by Gasteiger charge is 2.29. The molecule has 1 N–H and O–H groups in total. The lowest BCUT2D eigenvalue weighted by Gasteiger charge is -2.14. The Morgan fingerprint density at radius 1 is 1.53 bits per heavy atom. The Morgan fingerprint density at radius 2 is 2.37 bits per heavy atom. The van der Waals surface area contributed by atoms with Crippen LogP contribution in [0.3, 0.4) is 0 Å². The van der Waals surface area contributed by atoms with E-state index in [1.165, 1.54) is 0 Å². The number of carbonyl (C=O) groups excluding carboxylic acids is 1. The fourth-order valence-electron chi connectivity index (χ4n) is 2.34. The van der Waals surface area contributed by atoms with E-state index in [-0.39, 0.29) is 11.2 Å². The fraction of sp³-hybridized carbons (Fsp3) is 0.308. The summed E-state index contributed by atoms with van der Waals surface area (Å²) in [5.74, 6) is 1.25. The minimum atomic E-state index is 0.0145. The number of aryl methyl sites for hydroxylation is 2. The SMILES string of the molecule is Cc1nn(C)c2c1[C@@H](c1cccnc1)SCC(=O)N2. The Hall–Kier alpha value is -1.82. The van der Waals surface area contributed by atoms with Crippen molar-refractivity contribution in [3.8, 4) is 0 Å². The summed E-state index contributed by atoms with van der Waals surface area (Å²) in [6.45, 7) is 1.97. The number of anilines is 1. The number of thioether (sulfide) groups is 1. The van der Waals surface area contributed by atoms with E-state index in [0.717, 1.165) is 22.6 Å². The average molecular weight is 274 g/mol. The Kier molecular flexibility index (Phi) is 3.02. The standard InChI is InChI=1S/C13H14N4OS/c1-8-11-12(9-4-3-5-14-6-9)19-7-10(18)15-13(11)17(2)16-8/h3-6,12H,7H2,1-2H3,(H,15,18)/t12-/m1/s1. The summed E-state index contributed by atoms with van der Waals surface area (Å²) in [7, 11) is 1.85. The van der Waals surface area contributed by atoms with Crippen molar-refractivity contribution in [1.29, 1.82) is 0 Å². The van der Waals surface area contributed by atoms with Crippen LogP contribution in [0.5, 0.6) is 0 Å². The number of pyridine rings is 1. The molecule has 1 aliphatic heterocycles. The molecule has 0 unspecified atom stereocenters. The molecule has 1 amide bonds. The van der Waals surface area contributed by atoms with Gasteiger partial charge < -0.3 is 5.32 Å². The van der Waals surface area contributed by atoms with Crippen LogP contribution in [0.15, 0.2) is 24.5 Å². The van der Waals surface area contributed by atoms with Crippen molar-refractivity contribution in [2.24, 2.45) is 7.05 Å². The zero-order valence-electron chi connectivity index (χ0n) is 10.8. The third-order valence-corrected chi connectivity index (χ3v) is 4.43. The number of amides is 1. The molecule has 19 heavy (non-hydrogen) atoms. The second-order valence-corrected chi connectivity index (χ2v) is 5.59. The van der Waals surface area contributed by atoms with Crippen molar-refractivity contribution in [3.05, 3.63) is 41.3 Å². The largest absolute Gasteiger partial charge is 0.310 e. The lowest BCUT2D eigenvalue weighted by molar-refractivity contribution is -0.113. The summed E-state index contributed by atoms with van der Waals surface area (Å²) < 4.78 is 1.73. The van der Waals surface area contributed by atoms with Crippen LogP contribution in [0.1, 0.15) is 22.1 Å². The third kappa shape index (κ3) is 2.12. The summed E-state index contributed by atoms with van der Waals surface area (Å²) in [6, 6.07) is 3.96. The van der Waals surface area contributed by atoms with E-state index in [0.29, 0.717) is 5.75 Å². The molecule has 6 heteroatoms. The molecule has 0 saturated heterocycles. The number of hydrogen-bond donors (Lipinski definition) is 1. The van der Waals surface area contributed by atoms with Gasteiger partial charge in [-0.1, -0.05) is 6.07 Å². The van der Waals surface area contributed by atoms with Crippen LogP contribution in [0.25, 0.3) is 0 Å². The van der Waals surface area contributed by atoms with E-state index < -0.39 is 0 Å². The van der Waals surface area contributed by atoms with Gasteiger partial charge in [-0.05, 0) is 18.6 Å². The number of carbonyl (C=O) groups is 1. The van der Waals surface area contributed by atoms with Crippen LogP contribution in [-0.2, 0) is 11.8 Å². The third-order valence-electron chi connectivity index (χ3n) is 3.16. The van der Waals surface area contributed by atoms with Gasteiger partial charge in [-0.3, -0.25) is 14.5 Å². The summed E-state index contributed by atoms with van der Waals surface area (Å²) in [5, 5.41) is 7.44. The van der Waals surface area contributed by atoms with Crippen LogP contribution >= 0.6 is 11.8 Å². The Balaban J connectivity index is 2.15. The first kappa shape index (κ1) is 12.2. The number of fused-ring (bicyclic) bond motifs is 1. The monoisotopic (exact) mass is 274 g/mol. The first-order valence-electron chi connectivity index (χ1n) is 6.01. The van der Waals surface area contributed by atoms with Gasteiger partial charge in [0.15, 0.2) is 0 Å². The second-order valence-electron chi connectivity index (χ2n) is 4.50. The topological polar surface area (TPSA) is 59.8 Å². The van der Waals surface area contributed by atoms with Gasteiger partial charge in [0.2, 0.25) is 5.91 Å². The van der Waals surface area contributed by atoms with Crippen molar-refractivity contribution < 1.29 is 4.79 Å². The molecule has 1 atom stereocenters. The molecule has 0 saturated carbocycles. The van der Waals surface area contributed by atoms with E-state index >= 15 is 0 Å². The molecule has 3 heterocycles. The van der Waals surface area contributed by atoms with Gasteiger partial charge in [0, 0.05) is 25.0 Å². The molecular formula is C13H14N4OS. The Bertz CT molecular complexity index is 623. The average Bonchev–Trinajstić information content (AvgIpc) is 2.60. The number of nitrogens with zero attached hydrogens (tertiary/aromatic N) is 3. The predicted octanol–water partition coefficient (Wildman–Crippen LogP) is 1.90. The van der Waals surface area contributed by atoms with Crippen LogP contribution in [0.2, 0.25) is 0 Å². The van der Waals surface area contributed by atoms with Gasteiger partial charge in [-0.15, -0.1) is 11.8 Å². The molecule has 0 bridgehead atoms. The summed E-state index contributed by atoms with van der Waals surface area (Å²) in [4.78, 5) is 16.0. The molecule has 0 fully saturated rings. The van der Waals surface area contributed by atoms with Crippen LogP contribution in [0, 0.1) is 6.92 Å². The van der Waals surface area contributed by atoms with Crippen molar-refractivity contribution in [3.63, 3.8) is 0 Å². The molecule has 0 radical (unpaired) electrons. The predicted molar refractivity (Wildman–Crippen MR) is 75.1 cm³/mol. The zero-order valence-corrected chi connectivity index (χ0v) is 11.6. The minimum Gasteiger partial charge on any atom is -0.310 e. The molecule has 98 valence electrons. The molecule has 2 aromatic heterocycles. The van der Waals surface area contributed by atoms with E-state index in [1.807, 2.05) is 32.3 Å². The summed E-state index contributed by atoms with van der Waals surface area (Å²) in [6.07, 6.45) is 3.61. The van der Waals surface area contributed by atoms with Crippen molar-refractivity contribution >= 4 is 23.5 Å². The first-order chi connectivity index (χ1) is 9.16. The van der Waals surface area contributed by atoms with Gasteiger partial charge in [-0.2, -0.15) is 5.10 Å². The quantitative estimate of drug-likeness (QED) is 0.863. The van der Waals surface area contributed by atoms with E-state index in [1.54, 1.807) is 22.6 Å². The second kappa shape index (κ2) is 4.70. The molecule has 0 aromatic carbocycles. The van der Waals surface area contributed by atoms with Crippen molar-refractivity contribution in [2.45, 2.75) is 12.2 Å². The smallest absolute Gasteiger partial charge is 0.235 e. The van der Waals surface area contributed by atoms with E-state index in [9.17, 15) is 4.79 Å². The van der Waals surface area contributed by atoms with Gasteiger partial charge in [-0.25, -0.2) is 0 Å². The molecule has 5 nitrogen and oxygen atoms in total. The summed E-state index contributed by atoms with van der Waals surface area (Å²) >= 11 is 1.61. The highest BCUT2D eigenvalue weighted by Crippen LogP contribution is 2.42. The zero-order chi connectivity index (χ0) is 13.4. The maximum absolute atomic E-state index is 11.8. The number of nitrogens with one attached hydrogen (secondary N) is 1. The van der Waals surface area contributed by atoms with E-state index in [2.05, 4.69) is 15.4 Å². The van der Waals surface area contributed by atoms with Crippen LogP contribution in [0.4, 0.5) is 5.82 Å². The highest BCUT2D eigenvalue weighted by molar-refractivity contribution is 8.00. The Labute approximate surface area is 115 Å². The summed E-state index contributed by atoms with van der Waals surface area (Å²) in [5.41, 5.74) is 3.12. The van der Waals surface area contributed by atoms with Crippen LogP contribution in [-0.4, -0.2) is 26.4 Å². The molecule has 0 aliphatic carbocycles.